The Morgan fingerprint density at radius 3 is 2.41 bits per heavy atom. The Morgan fingerprint density at radius 2 is 1.94 bits per heavy atom. The van der Waals surface area contributed by atoms with Crippen LogP contribution in [0.15, 0.2) is 4.34 Å². The molecule has 98 valence electrons. The van der Waals surface area contributed by atoms with E-state index in [0.29, 0.717) is 0 Å². The molecule has 3 N–H and O–H groups in total. The number of nitrogens with one attached hydrogen (secondary N) is 1. The molecule has 0 fully saturated rings. The molecule has 17 heavy (non-hydrogen) atoms. The predicted molar refractivity (Wildman–Crippen MR) is 63.8 cm³/mol. The second-order valence-electron chi connectivity index (χ2n) is 3.29. The van der Waals surface area contributed by atoms with Gasteiger partial charge in [-0.05, 0) is 6.42 Å². The van der Waals surface area contributed by atoms with Crippen LogP contribution in [0.5, 0.6) is 0 Å². The molecule has 0 saturated heterocycles. The van der Waals surface area contributed by atoms with Crippen LogP contribution in [0, 0.1) is 0 Å². The van der Waals surface area contributed by atoms with Crippen molar-refractivity contribution >= 4 is 36.3 Å². The first-order chi connectivity index (χ1) is 7.71. The molecule has 0 radical (unpaired) electrons. The molecule has 11 heteroatoms. The van der Waals surface area contributed by atoms with E-state index in [1.807, 2.05) is 0 Å². The SMILES string of the molecule is CS(=O)(=O)CCCNS(=O)(=O)c1nnc(N)s1. The zero-order valence-electron chi connectivity index (χ0n) is 8.95. The van der Waals surface area contributed by atoms with Crippen LogP contribution in [0.3, 0.4) is 0 Å². The predicted octanol–water partition coefficient (Wildman–Crippen LogP) is -1.17. The van der Waals surface area contributed by atoms with Gasteiger partial charge in [-0.2, -0.15) is 0 Å². The Hall–Kier alpha value is -0.780. The van der Waals surface area contributed by atoms with Gasteiger partial charge in [0.2, 0.25) is 9.47 Å². The first kappa shape index (κ1) is 14.3. The number of hydrogen-bond donors (Lipinski definition) is 2. The summed E-state index contributed by atoms with van der Waals surface area (Å²) in [5.74, 6) is -0.0756. The van der Waals surface area contributed by atoms with Crippen molar-refractivity contribution in [2.24, 2.45) is 0 Å². The highest BCUT2D eigenvalue weighted by atomic mass is 32.2. The van der Waals surface area contributed by atoms with E-state index in [1.165, 1.54) is 0 Å². The summed E-state index contributed by atoms with van der Waals surface area (Å²) in [6, 6.07) is 0. The Morgan fingerprint density at radius 1 is 1.29 bits per heavy atom. The maximum atomic E-state index is 11.6. The number of hydrogen-bond acceptors (Lipinski definition) is 8. The fraction of sp³-hybridized carbons (Fsp3) is 0.667. The van der Waals surface area contributed by atoms with E-state index in [4.69, 9.17) is 5.73 Å². The van der Waals surface area contributed by atoms with E-state index in [0.717, 1.165) is 17.6 Å². The smallest absolute Gasteiger partial charge is 0.269 e. The zero-order valence-corrected chi connectivity index (χ0v) is 11.4. The minimum Gasteiger partial charge on any atom is -0.374 e. The minimum atomic E-state index is -3.74. The number of sulfonamides is 1. The van der Waals surface area contributed by atoms with Gasteiger partial charge in [0, 0.05) is 12.8 Å². The lowest BCUT2D eigenvalue weighted by molar-refractivity contribution is 0.575. The lowest BCUT2D eigenvalue weighted by Crippen LogP contribution is -2.26. The van der Waals surface area contributed by atoms with Crippen LogP contribution in [-0.4, -0.2) is 45.6 Å². The van der Waals surface area contributed by atoms with E-state index < -0.39 is 19.9 Å². The molecule has 0 aliphatic heterocycles. The van der Waals surface area contributed by atoms with Crippen molar-refractivity contribution in [1.29, 1.82) is 0 Å². The van der Waals surface area contributed by atoms with Gasteiger partial charge < -0.3 is 5.73 Å². The van der Waals surface area contributed by atoms with Crippen LogP contribution in [0.25, 0.3) is 0 Å². The third-order valence-corrected chi connectivity index (χ3v) is 5.25. The van der Waals surface area contributed by atoms with Gasteiger partial charge >= 0.3 is 0 Å². The van der Waals surface area contributed by atoms with Crippen LogP contribution >= 0.6 is 11.3 Å². The molecular formula is C6H12N4O4S3. The van der Waals surface area contributed by atoms with Crippen LogP contribution < -0.4 is 10.5 Å². The van der Waals surface area contributed by atoms with Crippen LogP contribution in [0.1, 0.15) is 6.42 Å². The lowest BCUT2D eigenvalue weighted by Gasteiger charge is -2.02. The fourth-order valence-electron chi connectivity index (χ4n) is 0.932. The van der Waals surface area contributed by atoms with E-state index in [-0.39, 0.29) is 28.2 Å². The maximum Gasteiger partial charge on any atom is 0.269 e. The first-order valence-electron chi connectivity index (χ1n) is 4.47. The Bertz CT molecular complexity index is 576. The third-order valence-electron chi connectivity index (χ3n) is 1.64. The van der Waals surface area contributed by atoms with E-state index >= 15 is 0 Å². The number of nitrogens with two attached hydrogens (primary N) is 1. The number of rotatable bonds is 6. The highest BCUT2D eigenvalue weighted by molar-refractivity contribution is 7.91. The molecule has 0 bridgehead atoms. The number of anilines is 1. The molecule has 0 amide bonds. The van der Waals surface area contributed by atoms with Gasteiger partial charge in [-0.15, -0.1) is 10.2 Å². The van der Waals surface area contributed by atoms with E-state index in [9.17, 15) is 16.8 Å². The summed E-state index contributed by atoms with van der Waals surface area (Å²) in [5.41, 5.74) is 5.26. The first-order valence-corrected chi connectivity index (χ1v) is 8.83. The Kier molecular flexibility index (Phi) is 4.41. The van der Waals surface area contributed by atoms with Crippen molar-refractivity contribution in [1.82, 2.24) is 14.9 Å². The molecular weight excluding hydrogens is 288 g/mol. The highest BCUT2D eigenvalue weighted by Crippen LogP contribution is 2.16. The van der Waals surface area contributed by atoms with Gasteiger partial charge in [-0.1, -0.05) is 11.3 Å². The van der Waals surface area contributed by atoms with Gasteiger partial charge in [-0.3, -0.25) is 0 Å². The summed E-state index contributed by atoms with van der Waals surface area (Å²) in [7, 11) is -6.82. The second kappa shape index (κ2) is 5.25. The molecule has 0 atom stereocenters. The summed E-state index contributed by atoms with van der Waals surface area (Å²) in [6.45, 7) is 0.0227. The van der Waals surface area contributed by atoms with Crippen molar-refractivity contribution in [3.05, 3.63) is 0 Å². The summed E-state index contributed by atoms with van der Waals surface area (Å²) >= 11 is 0.745. The number of nitrogens with zero attached hydrogens (tertiary/aromatic N) is 2. The van der Waals surface area contributed by atoms with Crippen LogP contribution in [0.2, 0.25) is 0 Å². The Balaban J connectivity index is 2.52. The fourth-order valence-corrected chi connectivity index (χ4v) is 3.50. The van der Waals surface area contributed by atoms with Gasteiger partial charge in [0.25, 0.3) is 10.0 Å². The van der Waals surface area contributed by atoms with Gasteiger partial charge in [0.1, 0.15) is 9.84 Å². The Labute approximate surface area is 103 Å². The molecule has 1 rings (SSSR count). The molecule has 0 unspecified atom stereocenters. The molecule has 8 nitrogen and oxygen atoms in total. The molecule has 0 aromatic carbocycles. The average Bonchev–Trinajstić information content (AvgIpc) is 2.59. The highest BCUT2D eigenvalue weighted by Gasteiger charge is 2.18. The molecule has 1 aromatic heterocycles. The molecule has 1 aromatic rings. The van der Waals surface area contributed by atoms with Gasteiger partial charge in [-0.25, -0.2) is 21.6 Å². The van der Waals surface area contributed by atoms with Crippen molar-refractivity contribution < 1.29 is 16.8 Å². The van der Waals surface area contributed by atoms with Crippen molar-refractivity contribution in [3.8, 4) is 0 Å². The van der Waals surface area contributed by atoms with Gasteiger partial charge in [0.05, 0.1) is 5.75 Å². The maximum absolute atomic E-state index is 11.6. The molecule has 0 saturated carbocycles. The number of nitrogen functional groups attached to an aromatic ring is 1. The van der Waals surface area contributed by atoms with Crippen molar-refractivity contribution in [2.75, 3.05) is 24.3 Å². The molecule has 0 aliphatic rings. The standard InChI is InChI=1S/C6H12N4O4S3/c1-16(11,12)4-2-3-8-17(13,14)6-10-9-5(7)15-6/h8H,2-4H2,1H3,(H2,7,9). The summed E-state index contributed by atoms with van der Waals surface area (Å²) in [6.07, 6.45) is 1.29. The lowest BCUT2D eigenvalue weighted by atomic mass is 10.5. The summed E-state index contributed by atoms with van der Waals surface area (Å²) in [5, 5.41) is 6.83. The molecule has 1 heterocycles. The zero-order chi connectivity index (χ0) is 13.1. The molecule has 0 aliphatic carbocycles. The van der Waals surface area contributed by atoms with Crippen molar-refractivity contribution in [3.63, 3.8) is 0 Å². The average molecular weight is 300 g/mol. The topological polar surface area (TPSA) is 132 Å². The second-order valence-corrected chi connectivity index (χ2v) is 8.50. The number of aromatic nitrogens is 2. The quantitative estimate of drug-likeness (QED) is 0.633. The van der Waals surface area contributed by atoms with E-state index in [2.05, 4.69) is 14.9 Å². The van der Waals surface area contributed by atoms with Crippen LogP contribution in [-0.2, 0) is 19.9 Å². The number of sulfone groups is 1. The minimum absolute atomic E-state index is 0.0227. The van der Waals surface area contributed by atoms with Gasteiger partial charge in [0.15, 0.2) is 0 Å². The summed E-state index contributed by atoms with van der Waals surface area (Å²) < 4.78 is 46.7. The normalized spacial score (nSPS) is 12.8. The van der Waals surface area contributed by atoms with Crippen molar-refractivity contribution in [2.45, 2.75) is 10.8 Å². The summed E-state index contributed by atoms with van der Waals surface area (Å²) in [4.78, 5) is 0. The monoisotopic (exact) mass is 300 g/mol. The molecule has 0 spiro atoms. The van der Waals surface area contributed by atoms with Crippen LogP contribution in [0.4, 0.5) is 5.13 Å². The largest absolute Gasteiger partial charge is 0.374 e. The third kappa shape index (κ3) is 4.93. The van der Waals surface area contributed by atoms with E-state index in [1.54, 1.807) is 0 Å².